The van der Waals surface area contributed by atoms with Crippen molar-refractivity contribution in [2.24, 2.45) is 11.5 Å². The maximum Gasteiger partial charge on any atom is 0.326 e. The summed E-state index contributed by atoms with van der Waals surface area (Å²) in [4.78, 5) is 73.3. The van der Waals surface area contributed by atoms with Crippen LogP contribution in [0.1, 0.15) is 44.9 Å². The largest absolute Gasteiger partial charge is 0.480 e. The third kappa shape index (κ3) is 6.90. The molecule has 8 N–H and O–H groups in total. The van der Waals surface area contributed by atoms with Crippen molar-refractivity contribution in [1.29, 1.82) is 0 Å². The van der Waals surface area contributed by atoms with E-state index in [1.165, 1.54) is 4.90 Å². The second kappa shape index (κ2) is 11.4. The van der Waals surface area contributed by atoms with E-state index in [1.54, 1.807) is 0 Å². The Balaban J connectivity index is 2.10. The smallest absolute Gasteiger partial charge is 0.326 e. The molecule has 2 rings (SSSR count). The van der Waals surface area contributed by atoms with E-state index >= 15 is 0 Å². The molecule has 0 aromatic heterocycles. The lowest BCUT2D eigenvalue weighted by atomic mass is 10.1. The molecule has 0 aliphatic carbocycles. The molecule has 32 heavy (non-hydrogen) atoms. The molecule has 0 spiro atoms. The zero-order valence-corrected chi connectivity index (χ0v) is 17.7. The lowest BCUT2D eigenvalue weighted by molar-refractivity contribution is -0.146. The molecule has 2 fully saturated rings. The van der Waals surface area contributed by atoms with Gasteiger partial charge in [-0.25, -0.2) is 4.79 Å². The summed E-state index contributed by atoms with van der Waals surface area (Å²) < 4.78 is 0. The molecule has 0 aromatic carbocycles. The summed E-state index contributed by atoms with van der Waals surface area (Å²) >= 11 is 0. The van der Waals surface area contributed by atoms with Crippen molar-refractivity contribution in [2.45, 2.75) is 69.1 Å². The number of nitrogens with one attached hydrogen (secondary N) is 3. The molecule has 0 aromatic rings. The van der Waals surface area contributed by atoms with Crippen LogP contribution < -0.4 is 27.4 Å². The molecule has 2 heterocycles. The van der Waals surface area contributed by atoms with Crippen LogP contribution >= 0.6 is 0 Å². The van der Waals surface area contributed by atoms with Gasteiger partial charge in [0.05, 0.1) is 12.5 Å². The van der Waals surface area contributed by atoms with Gasteiger partial charge in [-0.1, -0.05) is 0 Å². The molecule has 2 saturated heterocycles. The van der Waals surface area contributed by atoms with E-state index < -0.39 is 60.2 Å². The quantitative estimate of drug-likeness (QED) is 0.188. The van der Waals surface area contributed by atoms with Gasteiger partial charge in [-0.15, -0.1) is 0 Å². The molecular weight excluding hydrogens is 424 g/mol. The number of nitrogens with zero attached hydrogens (tertiary/aromatic N) is 1. The normalized spacial score (nSPS) is 22.1. The molecule has 13 nitrogen and oxygen atoms in total. The SMILES string of the molecule is NC(=O)CCC(NC(=O)C1CCCN1)C(=O)N1CCCC1C(=O)NC(CC(N)=O)C(=O)O. The van der Waals surface area contributed by atoms with Crippen molar-refractivity contribution < 1.29 is 33.9 Å². The van der Waals surface area contributed by atoms with Gasteiger partial charge in [-0.05, 0) is 38.6 Å². The number of carbonyl (C=O) groups excluding carboxylic acids is 5. The van der Waals surface area contributed by atoms with E-state index in [-0.39, 0.29) is 31.7 Å². The number of hydrogen-bond acceptors (Lipinski definition) is 7. The summed E-state index contributed by atoms with van der Waals surface area (Å²) in [6.07, 6.45) is 1.44. The molecular formula is C19H30N6O7. The van der Waals surface area contributed by atoms with Gasteiger partial charge in [-0.3, -0.25) is 24.0 Å². The minimum absolute atomic E-state index is 0.0309. The summed E-state index contributed by atoms with van der Waals surface area (Å²) in [5.41, 5.74) is 10.2. The Morgan fingerprint density at radius 3 is 2.22 bits per heavy atom. The Hall–Kier alpha value is -3.22. The fourth-order valence-electron chi connectivity index (χ4n) is 3.90. The molecule has 178 valence electrons. The zero-order valence-electron chi connectivity index (χ0n) is 17.7. The van der Waals surface area contributed by atoms with E-state index in [9.17, 15) is 33.9 Å². The van der Waals surface area contributed by atoms with Gasteiger partial charge in [0.2, 0.25) is 29.5 Å². The predicted octanol–water partition coefficient (Wildman–Crippen LogP) is -3.08. The van der Waals surface area contributed by atoms with Crippen molar-refractivity contribution in [2.75, 3.05) is 13.1 Å². The number of carboxylic acid groups (broad SMARTS) is 1. The standard InChI is InChI=1S/C19H30N6O7/c20-14(26)6-5-11(23-16(28)10-3-1-7-22-10)18(30)25-8-2-4-13(25)17(29)24-12(19(31)32)9-15(21)27/h10-13,22H,1-9H2,(H2,20,26)(H2,21,27)(H,23,28)(H,24,29)(H,31,32). The van der Waals surface area contributed by atoms with Crippen LogP contribution in [-0.2, 0) is 28.8 Å². The number of hydrogen-bond donors (Lipinski definition) is 6. The van der Waals surface area contributed by atoms with Gasteiger partial charge in [0.1, 0.15) is 18.1 Å². The highest BCUT2D eigenvalue weighted by molar-refractivity contribution is 5.95. The molecule has 2 aliphatic rings. The van der Waals surface area contributed by atoms with Crippen molar-refractivity contribution >= 4 is 35.5 Å². The number of nitrogens with two attached hydrogens (primary N) is 2. The monoisotopic (exact) mass is 454 g/mol. The van der Waals surface area contributed by atoms with Crippen LogP contribution in [0.3, 0.4) is 0 Å². The fraction of sp³-hybridized carbons (Fsp3) is 0.684. The van der Waals surface area contributed by atoms with Crippen molar-refractivity contribution in [3.05, 3.63) is 0 Å². The molecule has 13 heteroatoms. The van der Waals surface area contributed by atoms with E-state index in [2.05, 4.69) is 16.0 Å². The summed E-state index contributed by atoms with van der Waals surface area (Å²) in [5, 5.41) is 17.1. The first kappa shape index (κ1) is 25.0. The first-order valence-electron chi connectivity index (χ1n) is 10.5. The summed E-state index contributed by atoms with van der Waals surface area (Å²) in [6, 6.07) is -4.00. The summed E-state index contributed by atoms with van der Waals surface area (Å²) in [7, 11) is 0. The van der Waals surface area contributed by atoms with Gasteiger partial charge < -0.3 is 37.4 Å². The van der Waals surface area contributed by atoms with Gasteiger partial charge in [0, 0.05) is 13.0 Å². The molecule has 2 aliphatic heterocycles. The van der Waals surface area contributed by atoms with Crippen molar-refractivity contribution in [3.63, 3.8) is 0 Å². The minimum atomic E-state index is -1.52. The number of carbonyl (C=O) groups is 6. The second-order valence-corrected chi connectivity index (χ2v) is 7.97. The first-order chi connectivity index (χ1) is 15.1. The van der Waals surface area contributed by atoms with Crippen LogP contribution in [0.2, 0.25) is 0 Å². The third-order valence-corrected chi connectivity index (χ3v) is 5.53. The Kier molecular flexibility index (Phi) is 8.93. The second-order valence-electron chi connectivity index (χ2n) is 7.97. The molecule has 4 unspecified atom stereocenters. The number of primary amides is 2. The van der Waals surface area contributed by atoms with Crippen LogP contribution in [0.15, 0.2) is 0 Å². The van der Waals surface area contributed by atoms with Crippen molar-refractivity contribution in [1.82, 2.24) is 20.9 Å². The highest BCUT2D eigenvalue weighted by Gasteiger charge is 2.39. The molecule has 4 atom stereocenters. The highest BCUT2D eigenvalue weighted by Crippen LogP contribution is 2.20. The van der Waals surface area contributed by atoms with E-state index in [4.69, 9.17) is 11.5 Å². The third-order valence-electron chi connectivity index (χ3n) is 5.53. The van der Waals surface area contributed by atoms with Gasteiger partial charge in [0.15, 0.2) is 0 Å². The van der Waals surface area contributed by atoms with Crippen LogP contribution in [0.25, 0.3) is 0 Å². The molecule has 0 radical (unpaired) electrons. The summed E-state index contributed by atoms with van der Waals surface area (Å²) in [6.45, 7) is 0.900. The van der Waals surface area contributed by atoms with Crippen LogP contribution in [0.5, 0.6) is 0 Å². The van der Waals surface area contributed by atoms with Gasteiger partial charge >= 0.3 is 5.97 Å². The van der Waals surface area contributed by atoms with Crippen LogP contribution in [-0.4, -0.2) is 82.8 Å². The number of rotatable bonds is 11. The van der Waals surface area contributed by atoms with Gasteiger partial charge in [0.25, 0.3) is 0 Å². The first-order valence-corrected chi connectivity index (χ1v) is 10.5. The number of carboxylic acids is 1. The Morgan fingerprint density at radius 2 is 1.66 bits per heavy atom. The summed E-state index contributed by atoms with van der Waals surface area (Å²) in [5.74, 6) is -4.63. The van der Waals surface area contributed by atoms with E-state index in [1.807, 2.05) is 0 Å². The number of likely N-dealkylation sites (tertiary alicyclic amines) is 1. The van der Waals surface area contributed by atoms with Crippen LogP contribution in [0, 0.1) is 0 Å². The molecule has 5 amide bonds. The fourth-order valence-corrected chi connectivity index (χ4v) is 3.90. The van der Waals surface area contributed by atoms with Crippen LogP contribution in [0.4, 0.5) is 0 Å². The zero-order chi connectivity index (χ0) is 23.8. The topological polar surface area (TPSA) is 214 Å². The highest BCUT2D eigenvalue weighted by atomic mass is 16.4. The predicted molar refractivity (Wildman–Crippen MR) is 109 cm³/mol. The average molecular weight is 454 g/mol. The molecule has 0 saturated carbocycles. The number of aliphatic carboxylic acids is 1. The maximum absolute atomic E-state index is 13.2. The average Bonchev–Trinajstić information content (AvgIpc) is 3.41. The maximum atomic E-state index is 13.2. The van der Waals surface area contributed by atoms with E-state index in [0.717, 1.165) is 6.42 Å². The number of amides is 5. The Labute approximate surface area is 184 Å². The Morgan fingerprint density at radius 1 is 0.969 bits per heavy atom. The van der Waals surface area contributed by atoms with E-state index in [0.29, 0.717) is 19.4 Å². The molecule has 0 bridgehead atoms. The lowest BCUT2D eigenvalue weighted by Gasteiger charge is -2.29. The van der Waals surface area contributed by atoms with Gasteiger partial charge in [-0.2, -0.15) is 0 Å². The lowest BCUT2D eigenvalue weighted by Crippen LogP contribution is -2.57. The minimum Gasteiger partial charge on any atom is -0.480 e. The Bertz CT molecular complexity index is 767. The van der Waals surface area contributed by atoms with Crippen molar-refractivity contribution in [3.8, 4) is 0 Å².